The molecule has 1 aliphatic carbocycles. The molecule has 2 fully saturated rings. The fourth-order valence-electron chi connectivity index (χ4n) is 4.90. The molecule has 1 aromatic heterocycles. The molecular weight excluding hydrogens is 487 g/mol. The maximum Gasteiger partial charge on any atom is 0.406 e. The molecule has 2 aromatic rings. The van der Waals surface area contributed by atoms with Gasteiger partial charge in [0, 0.05) is 48.3 Å². The number of alkyl halides is 3. The van der Waals surface area contributed by atoms with E-state index in [1.165, 1.54) is 0 Å². The highest BCUT2D eigenvalue weighted by atomic mass is 19.4. The van der Waals surface area contributed by atoms with Crippen LogP contribution in [0, 0.1) is 5.41 Å². The van der Waals surface area contributed by atoms with E-state index in [9.17, 15) is 13.2 Å². The van der Waals surface area contributed by atoms with Gasteiger partial charge < -0.3 is 24.0 Å². The van der Waals surface area contributed by atoms with Gasteiger partial charge in [-0.2, -0.15) is 13.2 Å². The minimum absolute atomic E-state index is 0.0415. The molecule has 0 bridgehead atoms. The highest BCUT2D eigenvalue weighted by molar-refractivity contribution is 5.72. The fourth-order valence-corrected chi connectivity index (χ4v) is 4.90. The van der Waals surface area contributed by atoms with Gasteiger partial charge in [-0.1, -0.05) is 0 Å². The number of aromatic nitrogens is 2. The lowest BCUT2D eigenvalue weighted by molar-refractivity contribution is -0.142. The summed E-state index contributed by atoms with van der Waals surface area (Å²) >= 11 is 0. The number of nitrogens with one attached hydrogen (secondary N) is 1. The van der Waals surface area contributed by atoms with Crippen molar-refractivity contribution >= 4 is 17.5 Å². The summed E-state index contributed by atoms with van der Waals surface area (Å²) in [6.45, 7) is 3.97. The number of hydrogen-bond donors (Lipinski definition) is 1. The quantitative estimate of drug-likeness (QED) is 0.410. The highest BCUT2D eigenvalue weighted by Crippen LogP contribution is 2.57. The van der Waals surface area contributed by atoms with Crippen LogP contribution in [0.25, 0.3) is 0 Å². The van der Waals surface area contributed by atoms with Gasteiger partial charge in [-0.3, -0.25) is 5.41 Å². The topological polar surface area (TPSA) is 83.8 Å². The number of ether oxygens (including phenoxy) is 3. The van der Waals surface area contributed by atoms with Crippen molar-refractivity contribution in [1.82, 2.24) is 14.9 Å². The molecule has 37 heavy (non-hydrogen) atoms. The summed E-state index contributed by atoms with van der Waals surface area (Å²) in [7, 11) is 0. The first kappa shape index (κ1) is 25.6. The zero-order valence-electron chi connectivity index (χ0n) is 21.1. The Bertz CT molecular complexity index is 1120. The summed E-state index contributed by atoms with van der Waals surface area (Å²) in [5, 5.41) is 8.04. The van der Waals surface area contributed by atoms with Gasteiger partial charge in [-0.25, -0.2) is 9.97 Å². The Morgan fingerprint density at radius 2 is 1.92 bits per heavy atom. The molecule has 3 aliphatic rings. The molecule has 1 spiro atoms. The zero-order chi connectivity index (χ0) is 26.2. The minimum atomic E-state index is -4.44. The van der Waals surface area contributed by atoms with Crippen LogP contribution in [0.15, 0.2) is 30.5 Å². The lowest BCUT2D eigenvalue weighted by Gasteiger charge is -2.29. The van der Waals surface area contributed by atoms with Gasteiger partial charge in [-0.15, -0.1) is 0 Å². The van der Waals surface area contributed by atoms with E-state index in [2.05, 4.69) is 9.88 Å². The number of nitrogens with zero attached hydrogens (tertiary/aromatic N) is 4. The lowest BCUT2D eigenvalue weighted by Crippen LogP contribution is -2.43. The van der Waals surface area contributed by atoms with Crippen molar-refractivity contribution in [2.75, 3.05) is 31.2 Å². The van der Waals surface area contributed by atoms with Crippen LogP contribution >= 0.6 is 0 Å². The third-order valence-electron chi connectivity index (χ3n) is 7.15. The van der Waals surface area contributed by atoms with Gasteiger partial charge in [0.1, 0.15) is 24.2 Å². The Balaban J connectivity index is 1.29. The first-order valence-electron chi connectivity index (χ1n) is 12.7. The van der Waals surface area contributed by atoms with Crippen LogP contribution in [0.5, 0.6) is 5.75 Å². The van der Waals surface area contributed by atoms with Crippen LogP contribution in [0.3, 0.4) is 0 Å². The summed E-state index contributed by atoms with van der Waals surface area (Å²) in [5.41, 5.74) is 2.10. The molecule has 0 amide bonds. The first-order valence-corrected chi connectivity index (χ1v) is 12.7. The van der Waals surface area contributed by atoms with E-state index in [1.54, 1.807) is 20.0 Å². The normalized spacial score (nSPS) is 18.7. The molecule has 3 heterocycles. The number of fused-ring (bicyclic) bond motifs is 2. The SMILES string of the molecule is CC(C)N(CC(F)(F)F)C(=N)OCc1ncc2c(n1)N(c1ccc(OC3CCOCC3)cc1)CC21CC1. The van der Waals surface area contributed by atoms with Crippen molar-refractivity contribution in [2.24, 2.45) is 0 Å². The summed E-state index contributed by atoms with van der Waals surface area (Å²) in [6.07, 6.45) is 1.42. The maximum absolute atomic E-state index is 12.9. The van der Waals surface area contributed by atoms with E-state index in [0.29, 0.717) is 5.82 Å². The maximum atomic E-state index is 12.9. The fraction of sp³-hybridized carbons (Fsp3) is 0.577. The van der Waals surface area contributed by atoms with Crippen molar-refractivity contribution in [3.63, 3.8) is 0 Å². The number of anilines is 2. The number of benzene rings is 1. The number of rotatable bonds is 7. The van der Waals surface area contributed by atoms with Gasteiger partial charge >= 0.3 is 6.18 Å². The molecule has 0 radical (unpaired) electrons. The minimum Gasteiger partial charge on any atom is -0.490 e. The largest absolute Gasteiger partial charge is 0.490 e. The summed E-state index contributed by atoms with van der Waals surface area (Å²) in [6, 6.07) is 6.88. The van der Waals surface area contributed by atoms with Crippen molar-refractivity contribution in [3.8, 4) is 5.75 Å². The summed E-state index contributed by atoms with van der Waals surface area (Å²) in [4.78, 5) is 12.2. The number of halogens is 3. The Kier molecular flexibility index (Phi) is 6.91. The molecule has 200 valence electrons. The lowest BCUT2D eigenvalue weighted by atomic mass is 10.0. The molecule has 1 N–H and O–H groups in total. The molecule has 2 aliphatic heterocycles. The zero-order valence-corrected chi connectivity index (χ0v) is 21.1. The average Bonchev–Trinajstić information content (AvgIpc) is 3.58. The van der Waals surface area contributed by atoms with Crippen LogP contribution in [0.4, 0.5) is 24.7 Å². The van der Waals surface area contributed by atoms with Gasteiger partial charge in [0.25, 0.3) is 6.02 Å². The van der Waals surface area contributed by atoms with E-state index < -0.39 is 24.8 Å². The Hall–Kier alpha value is -3.08. The van der Waals surface area contributed by atoms with Crippen LogP contribution in [0.1, 0.15) is 50.9 Å². The predicted molar refractivity (Wildman–Crippen MR) is 131 cm³/mol. The Morgan fingerprint density at radius 1 is 1.22 bits per heavy atom. The second-order valence-electron chi connectivity index (χ2n) is 10.2. The monoisotopic (exact) mass is 519 g/mol. The first-order chi connectivity index (χ1) is 17.6. The third kappa shape index (κ3) is 5.76. The van der Waals surface area contributed by atoms with E-state index in [0.717, 1.165) is 73.2 Å². The molecule has 0 atom stereocenters. The van der Waals surface area contributed by atoms with Crippen molar-refractivity contribution in [1.29, 1.82) is 5.41 Å². The van der Waals surface area contributed by atoms with E-state index in [4.69, 9.17) is 24.6 Å². The molecule has 11 heteroatoms. The van der Waals surface area contributed by atoms with Crippen LogP contribution < -0.4 is 9.64 Å². The number of amidine groups is 1. The van der Waals surface area contributed by atoms with E-state index >= 15 is 0 Å². The van der Waals surface area contributed by atoms with E-state index in [-0.39, 0.29) is 18.1 Å². The van der Waals surface area contributed by atoms with E-state index in [1.807, 2.05) is 24.3 Å². The molecular formula is C26H32F3N5O3. The highest BCUT2D eigenvalue weighted by Gasteiger charge is 2.53. The average molecular weight is 520 g/mol. The summed E-state index contributed by atoms with van der Waals surface area (Å²) < 4.78 is 55.7. The molecule has 8 nitrogen and oxygen atoms in total. The van der Waals surface area contributed by atoms with Crippen LogP contribution in [0.2, 0.25) is 0 Å². The molecule has 1 aromatic carbocycles. The Labute approximate surface area is 214 Å². The molecule has 0 unspecified atom stereocenters. The second-order valence-corrected chi connectivity index (χ2v) is 10.2. The van der Waals surface area contributed by atoms with Crippen LogP contribution in [-0.4, -0.2) is 65.5 Å². The van der Waals surface area contributed by atoms with Gasteiger partial charge in [0.05, 0.1) is 13.2 Å². The van der Waals surface area contributed by atoms with Gasteiger partial charge in [0.15, 0.2) is 12.4 Å². The van der Waals surface area contributed by atoms with Crippen molar-refractivity contribution in [3.05, 3.63) is 41.9 Å². The second kappa shape index (κ2) is 10.00. The predicted octanol–water partition coefficient (Wildman–Crippen LogP) is 4.94. The van der Waals surface area contributed by atoms with Gasteiger partial charge in [-0.05, 0) is 51.0 Å². The summed E-state index contributed by atoms with van der Waals surface area (Å²) in [5.74, 6) is 1.92. The standard InChI is InChI=1S/C26H32F3N5O3/c1-17(2)33(16-26(27,28)29)24(30)36-14-22-31-13-21-23(32-22)34(15-25(21)9-10-25)18-3-5-19(6-4-18)37-20-7-11-35-12-8-20/h3-6,13,17,20,30H,7-12,14-16H2,1-2H3. The third-order valence-corrected chi connectivity index (χ3v) is 7.15. The Morgan fingerprint density at radius 3 is 2.54 bits per heavy atom. The van der Waals surface area contributed by atoms with Gasteiger partial charge in [0.2, 0.25) is 0 Å². The molecule has 5 rings (SSSR count). The van der Waals surface area contributed by atoms with Crippen molar-refractivity contribution < 1.29 is 27.4 Å². The number of hydrogen-bond acceptors (Lipinski definition) is 7. The molecule has 1 saturated carbocycles. The van der Waals surface area contributed by atoms with Crippen molar-refractivity contribution in [2.45, 2.75) is 69.9 Å². The smallest absolute Gasteiger partial charge is 0.406 e. The van der Waals surface area contributed by atoms with Crippen LogP contribution in [-0.2, 0) is 21.5 Å². The molecule has 1 saturated heterocycles.